The number of benzene rings is 1. The molecule has 1 aliphatic rings. The fraction of sp³-hybridized carbons (Fsp3) is 0.500. The van der Waals surface area contributed by atoms with Gasteiger partial charge in [0, 0.05) is 12.6 Å². The van der Waals surface area contributed by atoms with Gasteiger partial charge in [-0.3, -0.25) is 4.99 Å². The molecule has 20 heavy (non-hydrogen) atoms. The van der Waals surface area contributed by atoms with Gasteiger partial charge in [0.25, 0.3) is 0 Å². The molecule has 1 aliphatic heterocycles. The molecule has 6 heteroatoms. The van der Waals surface area contributed by atoms with Gasteiger partial charge in [-0.2, -0.15) is 0 Å². The molecule has 1 aromatic rings. The highest BCUT2D eigenvalue weighted by Gasteiger charge is 2.14. The SMILES string of the molecule is CC1CN=C(NCCS(=O)(=O)CCc2ccccc2)N1. The Hall–Kier alpha value is -1.56. The van der Waals surface area contributed by atoms with Gasteiger partial charge in [-0.15, -0.1) is 0 Å². The minimum absolute atomic E-state index is 0.134. The second kappa shape index (κ2) is 6.74. The molecule has 1 heterocycles. The first-order chi connectivity index (χ1) is 9.55. The van der Waals surface area contributed by atoms with Crippen LogP contribution in [-0.4, -0.2) is 45.0 Å². The van der Waals surface area contributed by atoms with E-state index in [-0.39, 0.29) is 11.5 Å². The van der Waals surface area contributed by atoms with E-state index in [2.05, 4.69) is 15.6 Å². The number of rotatable bonds is 6. The van der Waals surface area contributed by atoms with Crippen molar-refractivity contribution in [1.82, 2.24) is 10.6 Å². The first-order valence-corrected chi connectivity index (χ1v) is 8.66. The molecule has 5 nitrogen and oxygen atoms in total. The van der Waals surface area contributed by atoms with E-state index in [4.69, 9.17) is 0 Å². The van der Waals surface area contributed by atoms with Crippen LogP contribution < -0.4 is 10.6 Å². The van der Waals surface area contributed by atoms with E-state index in [1.165, 1.54) is 0 Å². The summed E-state index contributed by atoms with van der Waals surface area (Å²) in [6, 6.07) is 10.0. The summed E-state index contributed by atoms with van der Waals surface area (Å²) in [7, 11) is -3.03. The molecule has 0 radical (unpaired) electrons. The van der Waals surface area contributed by atoms with Crippen LogP contribution in [0.2, 0.25) is 0 Å². The standard InChI is InChI=1S/C14H21N3O2S/c1-12-11-16-14(17-12)15-8-10-20(18,19)9-7-13-5-3-2-4-6-13/h2-6,12H,7-11H2,1H3,(H2,15,16,17). The highest BCUT2D eigenvalue weighted by molar-refractivity contribution is 7.91. The van der Waals surface area contributed by atoms with Crippen LogP contribution in [0.1, 0.15) is 12.5 Å². The van der Waals surface area contributed by atoms with Crippen molar-refractivity contribution < 1.29 is 8.42 Å². The number of aliphatic imine (C=N–C) groups is 1. The van der Waals surface area contributed by atoms with Crippen LogP contribution in [0.5, 0.6) is 0 Å². The number of hydrogen-bond donors (Lipinski definition) is 2. The predicted octanol–water partition coefficient (Wildman–Crippen LogP) is 0.581. The van der Waals surface area contributed by atoms with Gasteiger partial charge in [0.05, 0.1) is 18.1 Å². The van der Waals surface area contributed by atoms with E-state index in [1.54, 1.807) is 0 Å². The van der Waals surface area contributed by atoms with Crippen LogP contribution in [0.15, 0.2) is 35.3 Å². The lowest BCUT2D eigenvalue weighted by atomic mass is 10.2. The van der Waals surface area contributed by atoms with E-state index in [1.807, 2.05) is 37.3 Å². The molecule has 110 valence electrons. The third-order valence-corrected chi connectivity index (χ3v) is 4.81. The number of hydrogen-bond acceptors (Lipinski definition) is 5. The highest BCUT2D eigenvalue weighted by atomic mass is 32.2. The van der Waals surface area contributed by atoms with Crippen LogP contribution in [0.25, 0.3) is 0 Å². The second-order valence-corrected chi connectivity index (χ2v) is 7.35. The summed E-state index contributed by atoms with van der Waals surface area (Å²) in [6.07, 6.45) is 0.569. The van der Waals surface area contributed by atoms with Crippen molar-refractivity contribution in [2.24, 2.45) is 4.99 Å². The van der Waals surface area contributed by atoms with Crippen molar-refractivity contribution in [3.63, 3.8) is 0 Å². The van der Waals surface area contributed by atoms with Crippen LogP contribution >= 0.6 is 0 Å². The van der Waals surface area contributed by atoms with Crippen molar-refractivity contribution >= 4 is 15.8 Å². The third kappa shape index (κ3) is 4.85. The van der Waals surface area contributed by atoms with E-state index >= 15 is 0 Å². The molecule has 0 spiro atoms. The van der Waals surface area contributed by atoms with E-state index in [0.29, 0.717) is 25.0 Å². The zero-order chi connectivity index (χ0) is 14.4. The Balaban J connectivity index is 1.71. The molecule has 0 fully saturated rings. The van der Waals surface area contributed by atoms with Gasteiger partial charge < -0.3 is 10.6 Å². The molecule has 2 rings (SSSR count). The maximum atomic E-state index is 11.9. The summed E-state index contributed by atoms with van der Waals surface area (Å²) >= 11 is 0. The van der Waals surface area contributed by atoms with Crippen molar-refractivity contribution in [1.29, 1.82) is 0 Å². The lowest BCUT2D eigenvalue weighted by Gasteiger charge is -2.09. The molecule has 0 saturated carbocycles. The molecule has 0 aliphatic carbocycles. The summed E-state index contributed by atoms with van der Waals surface area (Å²) < 4.78 is 23.9. The molecule has 1 atom stereocenters. The maximum absolute atomic E-state index is 11.9. The van der Waals surface area contributed by atoms with Gasteiger partial charge in [-0.05, 0) is 18.9 Å². The maximum Gasteiger partial charge on any atom is 0.191 e. The van der Waals surface area contributed by atoms with Crippen LogP contribution in [0.3, 0.4) is 0 Å². The summed E-state index contributed by atoms with van der Waals surface area (Å²) in [5.74, 6) is 1.03. The average Bonchev–Trinajstić information content (AvgIpc) is 2.83. The Morgan fingerprint density at radius 2 is 2.05 bits per heavy atom. The fourth-order valence-corrected chi connectivity index (χ4v) is 3.17. The van der Waals surface area contributed by atoms with E-state index < -0.39 is 9.84 Å². The lowest BCUT2D eigenvalue weighted by Crippen LogP contribution is -2.39. The van der Waals surface area contributed by atoms with Gasteiger partial charge in [-0.1, -0.05) is 30.3 Å². The second-order valence-electron chi connectivity index (χ2n) is 5.05. The monoisotopic (exact) mass is 295 g/mol. The van der Waals surface area contributed by atoms with E-state index in [0.717, 1.165) is 12.1 Å². The minimum atomic E-state index is -3.03. The summed E-state index contributed by atoms with van der Waals surface area (Å²) in [5.41, 5.74) is 1.06. The molecule has 0 amide bonds. The molecular formula is C14H21N3O2S. The Labute approximate surface area is 120 Å². The molecule has 0 aromatic heterocycles. The van der Waals surface area contributed by atoms with Crippen LogP contribution in [-0.2, 0) is 16.3 Å². The summed E-state index contributed by atoms with van der Waals surface area (Å²) in [6.45, 7) is 3.17. The molecule has 0 bridgehead atoms. The first-order valence-electron chi connectivity index (χ1n) is 6.84. The van der Waals surface area contributed by atoms with Gasteiger partial charge in [-0.25, -0.2) is 8.42 Å². The lowest BCUT2D eigenvalue weighted by molar-refractivity contribution is 0.594. The summed E-state index contributed by atoms with van der Waals surface area (Å²) in [4.78, 5) is 4.23. The number of nitrogens with one attached hydrogen (secondary N) is 2. The zero-order valence-corrected chi connectivity index (χ0v) is 12.5. The Morgan fingerprint density at radius 1 is 1.30 bits per heavy atom. The topological polar surface area (TPSA) is 70.6 Å². The normalized spacial score (nSPS) is 18.4. The largest absolute Gasteiger partial charge is 0.355 e. The first kappa shape index (κ1) is 14.8. The van der Waals surface area contributed by atoms with Gasteiger partial charge in [0.15, 0.2) is 15.8 Å². The quantitative estimate of drug-likeness (QED) is 0.805. The molecule has 2 N–H and O–H groups in total. The van der Waals surface area contributed by atoms with Crippen molar-refractivity contribution in [3.05, 3.63) is 35.9 Å². The minimum Gasteiger partial charge on any atom is -0.355 e. The third-order valence-electron chi connectivity index (χ3n) is 3.16. The molecule has 0 saturated heterocycles. The van der Waals surface area contributed by atoms with Crippen LogP contribution in [0.4, 0.5) is 0 Å². The van der Waals surface area contributed by atoms with Gasteiger partial charge in [0.1, 0.15) is 0 Å². The van der Waals surface area contributed by atoms with Crippen molar-refractivity contribution in [2.75, 3.05) is 24.6 Å². The average molecular weight is 295 g/mol. The number of aryl methyl sites for hydroxylation is 1. The predicted molar refractivity (Wildman–Crippen MR) is 81.7 cm³/mol. The fourth-order valence-electron chi connectivity index (χ4n) is 2.00. The smallest absolute Gasteiger partial charge is 0.191 e. The molecule has 1 unspecified atom stereocenters. The van der Waals surface area contributed by atoms with Gasteiger partial charge in [0.2, 0.25) is 0 Å². The van der Waals surface area contributed by atoms with Crippen molar-refractivity contribution in [2.45, 2.75) is 19.4 Å². The Kier molecular flexibility index (Phi) is 5.00. The Morgan fingerprint density at radius 3 is 2.70 bits per heavy atom. The number of nitrogens with zero attached hydrogens (tertiary/aromatic N) is 1. The Bertz CT molecular complexity index is 555. The highest BCUT2D eigenvalue weighted by Crippen LogP contribution is 2.02. The molecule has 1 aromatic carbocycles. The van der Waals surface area contributed by atoms with Crippen LogP contribution in [0, 0.1) is 0 Å². The number of guanidine groups is 1. The zero-order valence-electron chi connectivity index (χ0n) is 11.7. The van der Waals surface area contributed by atoms with Crippen molar-refractivity contribution in [3.8, 4) is 0 Å². The molecular weight excluding hydrogens is 274 g/mol. The number of sulfone groups is 1. The van der Waals surface area contributed by atoms with Gasteiger partial charge >= 0.3 is 0 Å². The van der Waals surface area contributed by atoms with E-state index in [9.17, 15) is 8.42 Å². The summed E-state index contributed by atoms with van der Waals surface area (Å²) in [5, 5.41) is 6.17.